The van der Waals surface area contributed by atoms with Crippen LogP contribution in [0.1, 0.15) is 5.56 Å². The third kappa shape index (κ3) is 1.97. The summed E-state index contributed by atoms with van der Waals surface area (Å²) in [7, 11) is 0. The summed E-state index contributed by atoms with van der Waals surface area (Å²) in [6, 6.07) is 9.20. The highest BCUT2D eigenvalue weighted by Gasteiger charge is 2.47. The lowest BCUT2D eigenvalue weighted by Gasteiger charge is -2.05. The van der Waals surface area contributed by atoms with E-state index in [0.717, 1.165) is 5.56 Å². The maximum Gasteiger partial charge on any atom is 0.398 e. The largest absolute Gasteiger partial charge is 0.398 e. The molecule has 1 aliphatic rings. The Morgan fingerprint density at radius 2 is 1.71 bits per heavy atom. The van der Waals surface area contributed by atoms with E-state index in [1.807, 2.05) is 30.3 Å². The quantitative estimate of drug-likeness (QED) is 0.639. The molecule has 3 heteroatoms. The Balaban J connectivity index is 1.94. The predicted molar refractivity (Wildman–Crippen MR) is 47.8 cm³/mol. The van der Waals surface area contributed by atoms with Crippen LogP contribution in [0.2, 0.25) is 0 Å². The molecule has 0 saturated carbocycles. The van der Waals surface area contributed by atoms with Gasteiger partial charge in [-0.25, -0.2) is 0 Å². The zero-order valence-corrected chi connectivity index (χ0v) is 7.38. The average molecular weight is 198 g/mol. The van der Waals surface area contributed by atoms with Crippen LogP contribution in [0.3, 0.4) is 0 Å². The SMILES string of the molecule is FC(F)(F)[C@H]1C=C1Cc1ccccc1. The zero-order chi connectivity index (χ0) is 10.2. The minimum Gasteiger partial charge on any atom is -0.170 e. The summed E-state index contributed by atoms with van der Waals surface area (Å²) in [5.41, 5.74) is 1.43. The lowest BCUT2D eigenvalue weighted by atomic mass is 10.1. The van der Waals surface area contributed by atoms with Crippen molar-refractivity contribution < 1.29 is 13.2 Å². The second-order valence-electron chi connectivity index (χ2n) is 3.42. The highest BCUT2D eigenvalue weighted by atomic mass is 19.4. The maximum absolute atomic E-state index is 12.1. The fourth-order valence-corrected chi connectivity index (χ4v) is 1.47. The first-order chi connectivity index (χ1) is 6.57. The lowest BCUT2D eigenvalue weighted by molar-refractivity contribution is -0.142. The van der Waals surface area contributed by atoms with Gasteiger partial charge in [0.1, 0.15) is 0 Å². The molecular weight excluding hydrogens is 189 g/mol. The summed E-state index contributed by atoms with van der Waals surface area (Å²) in [5.74, 6) is -1.26. The third-order valence-corrected chi connectivity index (χ3v) is 2.27. The van der Waals surface area contributed by atoms with E-state index in [-0.39, 0.29) is 0 Å². The number of allylic oxidation sites excluding steroid dienone is 2. The molecule has 2 rings (SSSR count). The van der Waals surface area contributed by atoms with Crippen molar-refractivity contribution in [3.8, 4) is 0 Å². The normalized spacial score (nSPS) is 20.5. The molecule has 1 aliphatic carbocycles. The van der Waals surface area contributed by atoms with Crippen LogP contribution in [0.25, 0.3) is 0 Å². The van der Waals surface area contributed by atoms with Crippen LogP contribution in [-0.4, -0.2) is 6.18 Å². The van der Waals surface area contributed by atoms with Gasteiger partial charge in [-0.1, -0.05) is 42.0 Å². The molecular formula is C11H9F3. The van der Waals surface area contributed by atoms with Crippen molar-refractivity contribution in [3.63, 3.8) is 0 Å². The van der Waals surface area contributed by atoms with Crippen LogP contribution in [0.4, 0.5) is 13.2 Å². The van der Waals surface area contributed by atoms with Crippen LogP contribution in [-0.2, 0) is 6.42 Å². The van der Waals surface area contributed by atoms with Gasteiger partial charge in [-0.2, -0.15) is 13.2 Å². The molecule has 1 aromatic rings. The van der Waals surface area contributed by atoms with E-state index in [4.69, 9.17) is 0 Å². The molecule has 0 unspecified atom stereocenters. The Labute approximate surface area is 80.1 Å². The minimum atomic E-state index is -4.08. The number of alkyl halides is 3. The molecule has 0 bridgehead atoms. The van der Waals surface area contributed by atoms with E-state index >= 15 is 0 Å². The predicted octanol–water partition coefficient (Wildman–Crippen LogP) is 3.35. The number of hydrogen-bond acceptors (Lipinski definition) is 0. The third-order valence-electron chi connectivity index (χ3n) is 2.27. The molecule has 0 amide bonds. The summed E-state index contributed by atoms with van der Waals surface area (Å²) >= 11 is 0. The second-order valence-corrected chi connectivity index (χ2v) is 3.42. The van der Waals surface area contributed by atoms with Crippen molar-refractivity contribution in [3.05, 3.63) is 47.5 Å². The van der Waals surface area contributed by atoms with Crippen LogP contribution >= 0.6 is 0 Å². The molecule has 0 saturated heterocycles. The lowest BCUT2D eigenvalue weighted by Crippen LogP contribution is -2.13. The molecule has 0 aromatic heterocycles. The van der Waals surface area contributed by atoms with E-state index in [2.05, 4.69) is 0 Å². The standard InChI is InChI=1S/C11H9F3/c12-11(13,14)10-7-9(10)6-8-4-2-1-3-5-8/h1-5,7,10H,6H2/t10-/m0/s1. The van der Waals surface area contributed by atoms with Crippen molar-refractivity contribution in [1.82, 2.24) is 0 Å². The minimum absolute atomic E-state index is 0.422. The van der Waals surface area contributed by atoms with Gasteiger partial charge in [0.15, 0.2) is 0 Å². The fourth-order valence-electron chi connectivity index (χ4n) is 1.47. The van der Waals surface area contributed by atoms with E-state index in [0.29, 0.717) is 12.0 Å². The van der Waals surface area contributed by atoms with Gasteiger partial charge in [-0.3, -0.25) is 0 Å². The molecule has 0 aliphatic heterocycles. The van der Waals surface area contributed by atoms with Crippen LogP contribution < -0.4 is 0 Å². The molecule has 0 heterocycles. The first kappa shape index (κ1) is 9.31. The zero-order valence-electron chi connectivity index (χ0n) is 7.38. The molecule has 0 nitrogen and oxygen atoms in total. The van der Waals surface area contributed by atoms with Gasteiger partial charge in [-0.15, -0.1) is 0 Å². The van der Waals surface area contributed by atoms with Gasteiger partial charge in [0.25, 0.3) is 0 Å². The fraction of sp³-hybridized carbons (Fsp3) is 0.273. The van der Waals surface area contributed by atoms with Gasteiger partial charge in [-0.05, 0) is 12.0 Å². The van der Waals surface area contributed by atoms with Gasteiger partial charge < -0.3 is 0 Å². The average Bonchev–Trinajstić information content (AvgIpc) is 2.85. The summed E-state index contributed by atoms with van der Waals surface area (Å²) in [4.78, 5) is 0. The van der Waals surface area contributed by atoms with Gasteiger partial charge >= 0.3 is 6.18 Å². The molecule has 14 heavy (non-hydrogen) atoms. The van der Waals surface area contributed by atoms with E-state index in [9.17, 15) is 13.2 Å². The van der Waals surface area contributed by atoms with E-state index < -0.39 is 12.1 Å². The summed E-state index contributed by atoms with van der Waals surface area (Å²) in [6.45, 7) is 0. The van der Waals surface area contributed by atoms with Gasteiger partial charge in [0, 0.05) is 0 Å². The van der Waals surface area contributed by atoms with Crippen LogP contribution in [0.5, 0.6) is 0 Å². The first-order valence-corrected chi connectivity index (χ1v) is 4.38. The van der Waals surface area contributed by atoms with Crippen LogP contribution in [0.15, 0.2) is 42.0 Å². The van der Waals surface area contributed by atoms with E-state index in [1.165, 1.54) is 6.08 Å². The molecule has 0 spiro atoms. The summed E-state index contributed by atoms with van der Waals surface area (Å²) in [5, 5.41) is 0. The smallest absolute Gasteiger partial charge is 0.170 e. The van der Waals surface area contributed by atoms with Crippen molar-refractivity contribution >= 4 is 0 Å². The Morgan fingerprint density at radius 3 is 2.21 bits per heavy atom. The van der Waals surface area contributed by atoms with Crippen LogP contribution in [0, 0.1) is 5.92 Å². The number of hydrogen-bond donors (Lipinski definition) is 0. The first-order valence-electron chi connectivity index (χ1n) is 4.38. The Kier molecular flexibility index (Phi) is 2.10. The molecule has 1 aromatic carbocycles. The number of benzene rings is 1. The highest BCUT2D eigenvalue weighted by Crippen LogP contribution is 2.44. The topological polar surface area (TPSA) is 0 Å². The van der Waals surface area contributed by atoms with E-state index in [1.54, 1.807) is 0 Å². The van der Waals surface area contributed by atoms with Gasteiger partial charge in [0.05, 0.1) is 5.92 Å². The highest BCUT2D eigenvalue weighted by molar-refractivity contribution is 5.36. The Hall–Kier alpha value is -1.25. The Bertz CT molecular complexity index is 349. The molecule has 0 fully saturated rings. The van der Waals surface area contributed by atoms with Crippen molar-refractivity contribution in [1.29, 1.82) is 0 Å². The van der Waals surface area contributed by atoms with Crippen molar-refractivity contribution in [2.75, 3.05) is 0 Å². The second kappa shape index (κ2) is 3.15. The number of rotatable bonds is 2. The number of halogens is 3. The maximum atomic E-state index is 12.1. The molecule has 1 atom stereocenters. The summed E-state index contributed by atoms with van der Waals surface area (Å²) < 4.78 is 36.4. The molecule has 0 N–H and O–H groups in total. The van der Waals surface area contributed by atoms with Gasteiger partial charge in [0.2, 0.25) is 0 Å². The Morgan fingerprint density at radius 1 is 1.07 bits per heavy atom. The monoisotopic (exact) mass is 198 g/mol. The molecule has 0 radical (unpaired) electrons. The van der Waals surface area contributed by atoms with Crippen molar-refractivity contribution in [2.24, 2.45) is 5.92 Å². The van der Waals surface area contributed by atoms with Crippen molar-refractivity contribution in [2.45, 2.75) is 12.6 Å². The molecule has 74 valence electrons. The summed E-state index contributed by atoms with van der Waals surface area (Å²) in [6.07, 6.45) is -2.37.